The predicted octanol–water partition coefficient (Wildman–Crippen LogP) is -0.346. The van der Waals surface area contributed by atoms with Crippen LogP contribution in [0.25, 0.3) is 0 Å². The first kappa shape index (κ1) is 12.7. The van der Waals surface area contributed by atoms with E-state index < -0.39 is 23.7 Å². The molecule has 0 aromatic carbocycles. The first-order valence-corrected chi connectivity index (χ1v) is 7.17. The zero-order valence-electron chi connectivity index (χ0n) is 12.1. The summed E-state index contributed by atoms with van der Waals surface area (Å²) in [6.07, 6.45) is 1.95. The van der Waals surface area contributed by atoms with Crippen molar-refractivity contribution in [1.82, 2.24) is 9.80 Å². The SMILES string of the molecule is CC1=CC2[C@H]3C(=O)N(C)C(=O)[C@H]3C1[C@H]1C(=O)N(C)C(=O)[C@@H]21. The van der Waals surface area contributed by atoms with E-state index in [1.807, 2.05) is 13.0 Å². The van der Waals surface area contributed by atoms with Gasteiger partial charge in [0.25, 0.3) is 0 Å². The fourth-order valence-corrected chi connectivity index (χ4v) is 4.92. The van der Waals surface area contributed by atoms with Crippen molar-refractivity contribution in [1.29, 1.82) is 0 Å². The Labute approximate surface area is 121 Å². The Balaban J connectivity index is 1.91. The summed E-state index contributed by atoms with van der Waals surface area (Å²) in [5, 5.41) is 0. The second kappa shape index (κ2) is 3.61. The number of rotatable bonds is 0. The Morgan fingerprint density at radius 2 is 1.10 bits per heavy atom. The molecule has 110 valence electrons. The van der Waals surface area contributed by atoms with Crippen molar-refractivity contribution >= 4 is 23.6 Å². The quantitative estimate of drug-likeness (QED) is 0.451. The average molecular weight is 288 g/mol. The van der Waals surface area contributed by atoms with Crippen molar-refractivity contribution in [2.75, 3.05) is 14.1 Å². The minimum atomic E-state index is -0.472. The third-order valence-electron chi connectivity index (χ3n) is 5.82. The molecule has 2 unspecified atom stereocenters. The molecule has 2 heterocycles. The summed E-state index contributed by atoms with van der Waals surface area (Å²) >= 11 is 0. The summed E-state index contributed by atoms with van der Waals surface area (Å²) < 4.78 is 0. The molecular weight excluding hydrogens is 272 g/mol. The van der Waals surface area contributed by atoms with Crippen LogP contribution in [-0.4, -0.2) is 47.5 Å². The molecule has 1 saturated carbocycles. The zero-order chi connectivity index (χ0) is 15.2. The fourth-order valence-electron chi connectivity index (χ4n) is 4.92. The van der Waals surface area contributed by atoms with Crippen LogP contribution in [0.15, 0.2) is 11.6 Å². The van der Waals surface area contributed by atoms with E-state index in [1.54, 1.807) is 0 Å². The number of hydrogen-bond donors (Lipinski definition) is 0. The summed E-state index contributed by atoms with van der Waals surface area (Å²) in [7, 11) is 2.98. The van der Waals surface area contributed by atoms with Crippen LogP contribution in [0, 0.1) is 35.5 Å². The normalized spacial score (nSPS) is 44.4. The molecule has 0 aromatic heterocycles. The highest BCUT2D eigenvalue weighted by molar-refractivity contribution is 6.10. The van der Waals surface area contributed by atoms with Crippen LogP contribution in [0.3, 0.4) is 0 Å². The van der Waals surface area contributed by atoms with Gasteiger partial charge in [-0.2, -0.15) is 0 Å². The van der Waals surface area contributed by atoms with E-state index in [2.05, 4.69) is 0 Å². The molecule has 4 amide bonds. The summed E-state index contributed by atoms with van der Waals surface area (Å²) in [5.74, 6) is -3.36. The van der Waals surface area contributed by atoms with Gasteiger partial charge in [0.15, 0.2) is 0 Å². The first-order chi connectivity index (χ1) is 9.86. The van der Waals surface area contributed by atoms with Crippen LogP contribution >= 0.6 is 0 Å². The maximum atomic E-state index is 12.4. The second-order valence-electron chi connectivity index (χ2n) is 6.59. The van der Waals surface area contributed by atoms with Gasteiger partial charge < -0.3 is 0 Å². The van der Waals surface area contributed by atoms with Gasteiger partial charge in [-0.25, -0.2) is 0 Å². The Bertz CT molecular complexity index is 606. The van der Waals surface area contributed by atoms with Gasteiger partial charge in [0.1, 0.15) is 0 Å². The van der Waals surface area contributed by atoms with Gasteiger partial charge >= 0.3 is 0 Å². The number of carbonyl (C=O) groups is 4. The van der Waals surface area contributed by atoms with Crippen molar-refractivity contribution in [3.8, 4) is 0 Å². The van der Waals surface area contributed by atoms with Crippen LogP contribution in [0.2, 0.25) is 0 Å². The lowest BCUT2D eigenvalue weighted by Gasteiger charge is -2.47. The molecule has 2 bridgehead atoms. The maximum Gasteiger partial charge on any atom is 0.233 e. The molecule has 0 radical (unpaired) electrons. The fraction of sp³-hybridized carbons (Fsp3) is 0.600. The minimum Gasteiger partial charge on any atom is -0.285 e. The van der Waals surface area contributed by atoms with Crippen molar-refractivity contribution < 1.29 is 19.2 Å². The van der Waals surface area contributed by atoms with E-state index in [4.69, 9.17) is 0 Å². The molecule has 3 aliphatic carbocycles. The summed E-state index contributed by atoms with van der Waals surface area (Å²) in [6, 6.07) is 0. The van der Waals surface area contributed by atoms with Crippen molar-refractivity contribution in [2.45, 2.75) is 6.92 Å². The second-order valence-corrected chi connectivity index (χ2v) is 6.59. The van der Waals surface area contributed by atoms with Crippen LogP contribution in [0.4, 0.5) is 0 Å². The Kier molecular flexibility index (Phi) is 2.19. The number of carbonyl (C=O) groups excluding carboxylic acids is 4. The largest absolute Gasteiger partial charge is 0.285 e. The van der Waals surface area contributed by atoms with Crippen LogP contribution in [-0.2, 0) is 19.2 Å². The standard InChI is InChI=1S/C15H16N2O4/c1-5-4-6-8-10(14(20)16(2)12(8)18)7(5)11-9(6)13(19)17(3)15(11)21/h4,6-11H,1-3H3/t6?,7?,8-,9+,10+,11-. The van der Waals surface area contributed by atoms with Gasteiger partial charge in [-0.3, -0.25) is 29.0 Å². The molecule has 0 spiro atoms. The number of amides is 4. The van der Waals surface area contributed by atoms with Crippen LogP contribution in [0.1, 0.15) is 6.92 Å². The molecule has 3 fully saturated rings. The molecule has 6 nitrogen and oxygen atoms in total. The topological polar surface area (TPSA) is 74.8 Å². The van der Waals surface area contributed by atoms with Crippen LogP contribution < -0.4 is 0 Å². The van der Waals surface area contributed by atoms with Crippen molar-refractivity contribution in [3.63, 3.8) is 0 Å². The highest BCUT2D eigenvalue weighted by atomic mass is 16.2. The Morgan fingerprint density at radius 1 is 0.714 bits per heavy atom. The molecule has 5 aliphatic rings. The number of allylic oxidation sites excluding steroid dienone is 2. The van der Waals surface area contributed by atoms with E-state index >= 15 is 0 Å². The Hall–Kier alpha value is -1.98. The van der Waals surface area contributed by atoms with Crippen molar-refractivity contribution in [3.05, 3.63) is 11.6 Å². The van der Waals surface area contributed by atoms with Gasteiger partial charge in [-0.1, -0.05) is 11.6 Å². The molecule has 0 aromatic rings. The lowest BCUT2D eigenvalue weighted by atomic mass is 9.52. The summed E-state index contributed by atoms with van der Waals surface area (Å²) in [5.41, 5.74) is 0.968. The number of nitrogens with zero attached hydrogens (tertiary/aromatic N) is 2. The van der Waals surface area contributed by atoms with E-state index in [-0.39, 0.29) is 35.5 Å². The van der Waals surface area contributed by atoms with E-state index in [0.29, 0.717) is 0 Å². The van der Waals surface area contributed by atoms with Gasteiger partial charge in [-0.15, -0.1) is 0 Å². The summed E-state index contributed by atoms with van der Waals surface area (Å²) in [6.45, 7) is 1.90. The third kappa shape index (κ3) is 1.20. The molecule has 0 N–H and O–H groups in total. The molecule has 21 heavy (non-hydrogen) atoms. The van der Waals surface area contributed by atoms with Crippen molar-refractivity contribution in [2.24, 2.45) is 35.5 Å². The minimum absolute atomic E-state index is 0.208. The number of imide groups is 2. The van der Waals surface area contributed by atoms with Crippen LogP contribution in [0.5, 0.6) is 0 Å². The molecule has 2 aliphatic heterocycles. The van der Waals surface area contributed by atoms with E-state index in [9.17, 15) is 19.2 Å². The van der Waals surface area contributed by atoms with Gasteiger partial charge in [0.2, 0.25) is 23.6 Å². The van der Waals surface area contributed by atoms with Gasteiger partial charge in [0.05, 0.1) is 23.7 Å². The number of hydrogen-bond acceptors (Lipinski definition) is 4. The van der Waals surface area contributed by atoms with E-state index in [1.165, 1.54) is 23.9 Å². The van der Waals surface area contributed by atoms with Gasteiger partial charge in [0, 0.05) is 25.9 Å². The highest BCUT2D eigenvalue weighted by Gasteiger charge is 2.68. The summed E-state index contributed by atoms with van der Waals surface area (Å²) in [4.78, 5) is 51.9. The molecule has 6 heteroatoms. The molecule has 2 saturated heterocycles. The zero-order valence-corrected chi connectivity index (χ0v) is 12.1. The third-order valence-corrected chi connectivity index (χ3v) is 5.82. The smallest absolute Gasteiger partial charge is 0.233 e. The average Bonchev–Trinajstić information content (AvgIpc) is 2.83. The molecule has 5 rings (SSSR count). The molecule has 6 atom stereocenters. The predicted molar refractivity (Wildman–Crippen MR) is 70.3 cm³/mol. The van der Waals surface area contributed by atoms with Gasteiger partial charge in [-0.05, 0) is 6.92 Å². The molecular formula is C15H16N2O4. The monoisotopic (exact) mass is 288 g/mol. The first-order valence-electron chi connectivity index (χ1n) is 7.17. The van der Waals surface area contributed by atoms with E-state index in [0.717, 1.165) is 5.57 Å². The lowest BCUT2D eigenvalue weighted by molar-refractivity contribution is -0.138. The number of likely N-dealkylation sites (tertiary alicyclic amines) is 2. The Morgan fingerprint density at radius 3 is 1.52 bits per heavy atom. The highest BCUT2D eigenvalue weighted by Crippen LogP contribution is 2.59. The lowest BCUT2D eigenvalue weighted by Crippen LogP contribution is -2.52. The maximum absolute atomic E-state index is 12.4.